The highest BCUT2D eigenvalue weighted by Gasteiger charge is 2.38. The van der Waals surface area contributed by atoms with Gasteiger partial charge in [-0.2, -0.15) is 17.5 Å². The second-order valence-corrected chi connectivity index (χ2v) is 10.6. The van der Waals surface area contributed by atoms with Crippen molar-refractivity contribution >= 4 is 21.9 Å². The van der Waals surface area contributed by atoms with Crippen LogP contribution in [0.25, 0.3) is 0 Å². The number of likely N-dealkylation sites (tertiary alicyclic amines) is 1. The summed E-state index contributed by atoms with van der Waals surface area (Å²) in [6, 6.07) is 8.55. The number of nitrogens with zero attached hydrogens (tertiary/aromatic N) is 3. The summed E-state index contributed by atoms with van der Waals surface area (Å²) in [5.41, 5.74) is 0. The molecule has 0 aromatic heterocycles. The largest absolute Gasteiger partial charge is 0.490 e. The topological polar surface area (TPSA) is 110 Å². The van der Waals surface area contributed by atoms with E-state index >= 15 is 0 Å². The summed E-state index contributed by atoms with van der Waals surface area (Å²) in [4.78, 5) is 26.0. The van der Waals surface area contributed by atoms with Crippen molar-refractivity contribution in [2.24, 2.45) is 0 Å². The predicted molar refractivity (Wildman–Crippen MR) is 128 cm³/mol. The summed E-state index contributed by atoms with van der Waals surface area (Å²) in [5.74, 6) is -2.72. The molecule has 9 nitrogen and oxygen atoms in total. The minimum absolute atomic E-state index is 0.0378. The Morgan fingerprint density at radius 3 is 2.11 bits per heavy atom. The van der Waals surface area contributed by atoms with Gasteiger partial charge in [-0.25, -0.2) is 13.2 Å². The van der Waals surface area contributed by atoms with E-state index in [0.29, 0.717) is 24.5 Å². The molecule has 0 atom stereocenters. The Hall–Kier alpha value is -2.22. The Kier molecular flexibility index (Phi) is 12.1. The van der Waals surface area contributed by atoms with Gasteiger partial charge in [0, 0.05) is 45.7 Å². The zero-order chi connectivity index (χ0) is 26.6. The van der Waals surface area contributed by atoms with Gasteiger partial charge in [-0.05, 0) is 51.0 Å². The molecule has 13 heteroatoms. The molecule has 1 aromatic rings. The average molecular weight is 537 g/mol. The maximum Gasteiger partial charge on any atom is 0.490 e. The van der Waals surface area contributed by atoms with Gasteiger partial charge >= 0.3 is 12.1 Å². The molecule has 2 aliphatic rings. The second-order valence-electron chi connectivity index (χ2n) is 8.66. The highest BCUT2D eigenvalue weighted by molar-refractivity contribution is 7.89. The molecule has 0 bridgehead atoms. The van der Waals surface area contributed by atoms with Crippen LogP contribution in [0.4, 0.5) is 13.2 Å². The number of alkyl halides is 3. The maximum absolute atomic E-state index is 13.2. The third-order valence-corrected chi connectivity index (χ3v) is 7.91. The highest BCUT2D eigenvalue weighted by Crippen LogP contribution is 2.17. The third-order valence-electron chi connectivity index (χ3n) is 6.00. The van der Waals surface area contributed by atoms with Crippen molar-refractivity contribution < 1.29 is 36.3 Å². The lowest BCUT2D eigenvalue weighted by Gasteiger charge is -2.30. The normalized spacial score (nSPS) is 17.4. The van der Waals surface area contributed by atoms with E-state index in [1.165, 1.54) is 23.6 Å². The van der Waals surface area contributed by atoms with Crippen LogP contribution < -0.4 is 5.32 Å². The van der Waals surface area contributed by atoms with Gasteiger partial charge in [0.15, 0.2) is 0 Å². The van der Waals surface area contributed by atoms with Crippen molar-refractivity contribution in [1.82, 2.24) is 19.4 Å². The number of carboxylic acids is 1. The van der Waals surface area contributed by atoms with Crippen molar-refractivity contribution in [2.75, 3.05) is 58.9 Å². The first-order valence-electron chi connectivity index (χ1n) is 12.1. The fourth-order valence-electron chi connectivity index (χ4n) is 4.04. The van der Waals surface area contributed by atoms with Crippen molar-refractivity contribution in [2.45, 2.75) is 43.2 Å². The third kappa shape index (κ3) is 10.0. The maximum atomic E-state index is 13.2. The van der Waals surface area contributed by atoms with E-state index in [-0.39, 0.29) is 18.9 Å². The van der Waals surface area contributed by atoms with Crippen LogP contribution >= 0.6 is 0 Å². The van der Waals surface area contributed by atoms with Crippen LogP contribution in [0.2, 0.25) is 0 Å². The standard InChI is InChI=1S/C21H34N4O3S.C2HF3O2/c26-21(24-18-11-22-12-19-24)10-17-25(16-7-15-23-13-5-2-6-14-23)29(27,28)20-8-3-1-4-9-20;3-2(4,5)1(6)7/h1,3-4,8-9,22H,2,5-7,10-19H2;(H,6,7). The van der Waals surface area contributed by atoms with Crippen molar-refractivity contribution in [3.05, 3.63) is 30.3 Å². The second kappa shape index (κ2) is 14.5. The number of carboxylic acid groups (broad SMARTS) is 1. The lowest BCUT2D eigenvalue weighted by atomic mass is 10.1. The smallest absolute Gasteiger partial charge is 0.475 e. The number of piperazine rings is 1. The predicted octanol–water partition coefficient (Wildman–Crippen LogP) is 2.01. The number of nitrogens with one attached hydrogen (secondary N) is 1. The van der Waals surface area contributed by atoms with Crippen LogP contribution in [-0.4, -0.2) is 105 Å². The zero-order valence-electron chi connectivity index (χ0n) is 20.3. The number of hydrogen-bond donors (Lipinski definition) is 2. The number of piperidine rings is 1. The number of amides is 1. The number of rotatable bonds is 9. The molecule has 36 heavy (non-hydrogen) atoms. The lowest BCUT2D eigenvalue weighted by molar-refractivity contribution is -0.192. The Morgan fingerprint density at radius 2 is 1.56 bits per heavy atom. The van der Waals surface area contributed by atoms with E-state index in [0.717, 1.165) is 39.1 Å². The molecule has 2 aliphatic heterocycles. The van der Waals surface area contributed by atoms with Gasteiger partial charge in [0.1, 0.15) is 0 Å². The molecule has 1 aromatic carbocycles. The Morgan fingerprint density at radius 1 is 0.972 bits per heavy atom. The molecule has 2 fully saturated rings. The Bertz CT molecular complexity index is 919. The summed E-state index contributed by atoms with van der Waals surface area (Å²) in [7, 11) is -3.60. The lowest BCUT2D eigenvalue weighted by Crippen LogP contribution is -2.47. The van der Waals surface area contributed by atoms with E-state index < -0.39 is 22.2 Å². The first kappa shape index (κ1) is 30.0. The van der Waals surface area contributed by atoms with Crippen molar-refractivity contribution in [3.8, 4) is 0 Å². The van der Waals surface area contributed by atoms with Crippen LogP contribution in [0.1, 0.15) is 32.1 Å². The van der Waals surface area contributed by atoms with Gasteiger partial charge in [0.05, 0.1) is 4.90 Å². The van der Waals surface area contributed by atoms with Crippen LogP contribution in [0.15, 0.2) is 35.2 Å². The number of hydrogen-bond acceptors (Lipinski definition) is 6. The van der Waals surface area contributed by atoms with Crippen LogP contribution in [0.5, 0.6) is 0 Å². The molecule has 204 valence electrons. The van der Waals surface area contributed by atoms with E-state index in [4.69, 9.17) is 9.90 Å². The molecule has 2 heterocycles. The molecule has 3 rings (SSSR count). The van der Waals surface area contributed by atoms with Gasteiger partial charge < -0.3 is 20.2 Å². The number of carbonyl (C=O) groups is 2. The van der Waals surface area contributed by atoms with E-state index in [9.17, 15) is 26.4 Å². The molecule has 0 spiro atoms. The van der Waals surface area contributed by atoms with E-state index in [2.05, 4.69) is 10.2 Å². The number of benzene rings is 1. The van der Waals surface area contributed by atoms with Crippen LogP contribution in [0, 0.1) is 0 Å². The van der Waals surface area contributed by atoms with E-state index in [1.54, 1.807) is 24.3 Å². The molecule has 0 radical (unpaired) electrons. The molecule has 0 aliphatic carbocycles. The first-order chi connectivity index (χ1) is 17.0. The van der Waals surface area contributed by atoms with Gasteiger partial charge in [0.2, 0.25) is 15.9 Å². The fourth-order valence-corrected chi connectivity index (χ4v) is 5.54. The molecule has 0 unspecified atom stereocenters. The average Bonchev–Trinajstić information content (AvgIpc) is 2.87. The van der Waals surface area contributed by atoms with Crippen LogP contribution in [-0.2, 0) is 19.6 Å². The summed E-state index contributed by atoms with van der Waals surface area (Å²) in [5, 5.41) is 10.4. The Labute approximate surface area is 210 Å². The minimum atomic E-state index is -5.08. The first-order valence-corrected chi connectivity index (χ1v) is 13.5. The van der Waals surface area contributed by atoms with Crippen molar-refractivity contribution in [3.63, 3.8) is 0 Å². The quantitative estimate of drug-likeness (QED) is 0.497. The van der Waals surface area contributed by atoms with Gasteiger partial charge in [-0.3, -0.25) is 4.79 Å². The number of aliphatic carboxylic acids is 1. The summed E-state index contributed by atoms with van der Waals surface area (Å²) >= 11 is 0. The Balaban J connectivity index is 0.000000572. The zero-order valence-corrected chi connectivity index (χ0v) is 21.1. The van der Waals surface area contributed by atoms with Gasteiger partial charge in [0.25, 0.3) is 0 Å². The van der Waals surface area contributed by atoms with Crippen molar-refractivity contribution in [1.29, 1.82) is 0 Å². The summed E-state index contributed by atoms with van der Waals surface area (Å²) < 4.78 is 59.6. The SMILES string of the molecule is O=C(CCN(CCCN1CCCCC1)S(=O)(=O)c1ccccc1)N1CCNCC1.O=C(O)C(F)(F)F. The monoisotopic (exact) mass is 536 g/mol. The summed E-state index contributed by atoms with van der Waals surface area (Å²) in [6.07, 6.45) is -0.320. The molecule has 0 saturated carbocycles. The minimum Gasteiger partial charge on any atom is -0.475 e. The number of halogens is 3. The number of sulfonamides is 1. The van der Waals surface area contributed by atoms with Gasteiger partial charge in [-0.1, -0.05) is 24.6 Å². The van der Waals surface area contributed by atoms with Gasteiger partial charge in [-0.15, -0.1) is 0 Å². The van der Waals surface area contributed by atoms with Crippen LogP contribution in [0.3, 0.4) is 0 Å². The molecular formula is C23H35F3N4O5S. The molecule has 2 N–H and O–H groups in total. The molecular weight excluding hydrogens is 501 g/mol. The van der Waals surface area contributed by atoms with E-state index in [1.807, 2.05) is 11.0 Å². The fraction of sp³-hybridized carbons (Fsp3) is 0.652. The number of carbonyl (C=O) groups excluding carboxylic acids is 1. The summed E-state index contributed by atoms with van der Waals surface area (Å²) in [6.45, 7) is 6.79. The molecule has 1 amide bonds. The highest BCUT2D eigenvalue weighted by atomic mass is 32.2. The molecule has 2 saturated heterocycles.